The smallest absolute Gasteiger partial charge is 0.0234 e. The first-order valence-corrected chi connectivity index (χ1v) is 9.12. The van der Waals surface area contributed by atoms with Crippen LogP contribution in [-0.4, -0.2) is 42.5 Å². The number of rotatable bonds is 7. The highest BCUT2D eigenvalue weighted by Crippen LogP contribution is 2.19. The number of hydrogen-bond acceptors (Lipinski definition) is 2. The first kappa shape index (κ1) is 17.5. The Hall–Kier alpha value is -0.860. The van der Waals surface area contributed by atoms with Gasteiger partial charge < -0.3 is 4.90 Å². The molecular formula is C20H34N2. The molecule has 124 valence electrons. The minimum atomic E-state index is 0.679. The van der Waals surface area contributed by atoms with Gasteiger partial charge in [-0.25, -0.2) is 0 Å². The molecule has 0 N–H and O–H groups in total. The summed E-state index contributed by atoms with van der Waals surface area (Å²) in [6.45, 7) is 16.5. The molecule has 0 amide bonds. The molecule has 0 spiro atoms. The van der Waals surface area contributed by atoms with E-state index in [1.807, 2.05) is 0 Å². The third-order valence-electron chi connectivity index (χ3n) is 5.05. The van der Waals surface area contributed by atoms with Crippen molar-refractivity contribution in [3.63, 3.8) is 0 Å². The average Bonchev–Trinajstić information content (AvgIpc) is 2.54. The molecule has 0 aromatic heterocycles. The van der Waals surface area contributed by atoms with Gasteiger partial charge in [0.05, 0.1) is 0 Å². The van der Waals surface area contributed by atoms with E-state index < -0.39 is 0 Å². The van der Waals surface area contributed by atoms with Gasteiger partial charge in [0.15, 0.2) is 0 Å². The van der Waals surface area contributed by atoms with Gasteiger partial charge >= 0.3 is 0 Å². The summed E-state index contributed by atoms with van der Waals surface area (Å²) < 4.78 is 0. The fraction of sp³-hybridized carbons (Fsp3) is 0.700. The molecule has 0 saturated carbocycles. The Morgan fingerprint density at radius 1 is 0.909 bits per heavy atom. The fourth-order valence-electron chi connectivity index (χ4n) is 3.06. The van der Waals surface area contributed by atoms with Crippen LogP contribution in [0.25, 0.3) is 0 Å². The normalized spacial score (nSPS) is 18.8. The molecule has 1 heterocycles. The topological polar surface area (TPSA) is 6.48 Å². The van der Waals surface area contributed by atoms with Crippen LogP contribution in [0.15, 0.2) is 24.3 Å². The van der Waals surface area contributed by atoms with E-state index in [1.165, 1.54) is 56.7 Å². The molecule has 0 bridgehead atoms. The van der Waals surface area contributed by atoms with Crippen molar-refractivity contribution < 1.29 is 0 Å². The Labute approximate surface area is 137 Å². The van der Waals surface area contributed by atoms with Crippen molar-refractivity contribution in [3.8, 4) is 0 Å². The van der Waals surface area contributed by atoms with Crippen molar-refractivity contribution in [2.75, 3.05) is 32.7 Å². The van der Waals surface area contributed by atoms with Crippen LogP contribution in [0.1, 0.15) is 57.6 Å². The number of piperazine rings is 1. The van der Waals surface area contributed by atoms with E-state index in [0.29, 0.717) is 5.92 Å². The van der Waals surface area contributed by atoms with Crippen LogP contribution in [0, 0.1) is 5.92 Å². The van der Waals surface area contributed by atoms with Crippen LogP contribution in [0.4, 0.5) is 0 Å². The summed E-state index contributed by atoms with van der Waals surface area (Å²) >= 11 is 0. The number of nitrogens with zero attached hydrogens (tertiary/aromatic N) is 2. The van der Waals surface area contributed by atoms with E-state index in [4.69, 9.17) is 0 Å². The van der Waals surface area contributed by atoms with E-state index in [2.05, 4.69) is 61.8 Å². The van der Waals surface area contributed by atoms with Crippen LogP contribution in [-0.2, 0) is 6.54 Å². The van der Waals surface area contributed by atoms with Crippen molar-refractivity contribution in [1.82, 2.24) is 9.80 Å². The largest absolute Gasteiger partial charge is 0.301 e. The average molecular weight is 303 g/mol. The molecule has 2 nitrogen and oxygen atoms in total. The highest BCUT2D eigenvalue weighted by molar-refractivity contribution is 5.25. The van der Waals surface area contributed by atoms with Crippen molar-refractivity contribution >= 4 is 0 Å². The highest BCUT2D eigenvalue weighted by Gasteiger charge is 2.16. The van der Waals surface area contributed by atoms with Gasteiger partial charge in [-0.1, -0.05) is 52.0 Å². The van der Waals surface area contributed by atoms with Crippen LogP contribution in [0.3, 0.4) is 0 Å². The van der Waals surface area contributed by atoms with Crippen molar-refractivity contribution in [3.05, 3.63) is 35.4 Å². The van der Waals surface area contributed by atoms with Crippen molar-refractivity contribution in [1.29, 1.82) is 0 Å². The molecule has 1 saturated heterocycles. The standard InChI is InChI=1S/C20H34N2/c1-5-18(4)20-8-6-19(7-9-20)16-22-14-12-21(13-15-22)11-10-17(2)3/h6-9,17-18H,5,10-16H2,1-4H3. The van der Waals surface area contributed by atoms with Gasteiger partial charge in [-0.05, 0) is 42.3 Å². The van der Waals surface area contributed by atoms with Crippen LogP contribution >= 0.6 is 0 Å². The summed E-state index contributed by atoms with van der Waals surface area (Å²) in [5.74, 6) is 1.50. The van der Waals surface area contributed by atoms with Crippen LogP contribution in [0.2, 0.25) is 0 Å². The molecule has 0 radical (unpaired) electrons. The van der Waals surface area contributed by atoms with E-state index in [0.717, 1.165) is 12.5 Å². The highest BCUT2D eigenvalue weighted by atomic mass is 15.3. The lowest BCUT2D eigenvalue weighted by Crippen LogP contribution is -2.46. The Balaban J connectivity index is 1.76. The summed E-state index contributed by atoms with van der Waals surface area (Å²) in [6, 6.07) is 9.30. The summed E-state index contributed by atoms with van der Waals surface area (Å²) in [5, 5.41) is 0. The van der Waals surface area contributed by atoms with E-state index >= 15 is 0 Å². The summed E-state index contributed by atoms with van der Waals surface area (Å²) in [5.41, 5.74) is 2.94. The first-order chi connectivity index (χ1) is 10.6. The lowest BCUT2D eigenvalue weighted by atomic mass is 9.97. The first-order valence-electron chi connectivity index (χ1n) is 9.12. The molecule has 22 heavy (non-hydrogen) atoms. The molecule has 2 heteroatoms. The zero-order valence-electron chi connectivity index (χ0n) is 15.0. The maximum atomic E-state index is 2.63. The minimum absolute atomic E-state index is 0.679. The third kappa shape index (κ3) is 5.40. The summed E-state index contributed by atoms with van der Waals surface area (Å²) in [4.78, 5) is 5.23. The zero-order valence-corrected chi connectivity index (χ0v) is 15.0. The van der Waals surface area contributed by atoms with Crippen LogP contribution < -0.4 is 0 Å². The lowest BCUT2D eigenvalue weighted by Gasteiger charge is -2.35. The van der Waals surface area contributed by atoms with Crippen molar-refractivity contribution in [2.45, 2.75) is 53.0 Å². The third-order valence-corrected chi connectivity index (χ3v) is 5.05. The quantitative estimate of drug-likeness (QED) is 0.738. The van der Waals surface area contributed by atoms with Gasteiger partial charge in [-0.15, -0.1) is 0 Å². The molecule has 1 aromatic rings. The number of benzene rings is 1. The van der Waals surface area contributed by atoms with Gasteiger partial charge in [0, 0.05) is 32.7 Å². The van der Waals surface area contributed by atoms with E-state index in [-0.39, 0.29) is 0 Å². The second kappa shape index (κ2) is 8.69. The van der Waals surface area contributed by atoms with Gasteiger partial charge in [-0.2, -0.15) is 0 Å². The van der Waals surface area contributed by atoms with Crippen molar-refractivity contribution in [2.24, 2.45) is 5.92 Å². The molecular weight excluding hydrogens is 268 g/mol. The zero-order chi connectivity index (χ0) is 15.9. The molecule has 1 fully saturated rings. The monoisotopic (exact) mass is 302 g/mol. The summed E-state index contributed by atoms with van der Waals surface area (Å²) in [7, 11) is 0. The molecule has 1 unspecified atom stereocenters. The molecule has 1 aliphatic heterocycles. The molecule has 1 atom stereocenters. The number of hydrogen-bond donors (Lipinski definition) is 0. The van der Waals surface area contributed by atoms with Gasteiger partial charge in [0.25, 0.3) is 0 Å². The maximum absolute atomic E-state index is 2.63. The molecule has 2 rings (SSSR count). The van der Waals surface area contributed by atoms with E-state index in [9.17, 15) is 0 Å². The Morgan fingerprint density at radius 3 is 2.05 bits per heavy atom. The van der Waals surface area contributed by atoms with E-state index in [1.54, 1.807) is 0 Å². The second-order valence-corrected chi connectivity index (χ2v) is 7.35. The second-order valence-electron chi connectivity index (χ2n) is 7.35. The lowest BCUT2D eigenvalue weighted by molar-refractivity contribution is 0.123. The SMILES string of the molecule is CCC(C)c1ccc(CN2CCN(CCC(C)C)CC2)cc1. The van der Waals surface area contributed by atoms with Gasteiger partial charge in [-0.3, -0.25) is 4.90 Å². The molecule has 1 aromatic carbocycles. The Bertz CT molecular complexity index is 416. The Morgan fingerprint density at radius 2 is 1.50 bits per heavy atom. The van der Waals surface area contributed by atoms with Gasteiger partial charge in [0.2, 0.25) is 0 Å². The maximum Gasteiger partial charge on any atom is 0.0234 e. The van der Waals surface area contributed by atoms with Gasteiger partial charge in [0.1, 0.15) is 0 Å². The Kier molecular flexibility index (Phi) is 6.91. The predicted octanol–water partition coefficient (Wildman–Crippen LogP) is 4.36. The predicted molar refractivity (Wildman–Crippen MR) is 96.3 cm³/mol. The fourth-order valence-corrected chi connectivity index (χ4v) is 3.06. The molecule has 0 aliphatic carbocycles. The summed E-state index contributed by atoms with van der Waals surface area (Å²) in [6.07, 6.45) is 2.55. The minimum Gasteiger partial charge on any atom is -0.301 e. The molecule has 1 aliphatic rings. The van der Waals surface area contributed by atoms with Crippen LogP contribution in [0.5, 0.6) is 0 Å².